The molecule has 118 valence electrons. The molecule has 2 unspecified atom stereocenters. The maximum atomic E-state index is 5.92. The number of ether oxygens (including phenoxy) is 1. The van der Waals surface area contributed by atoms with Gasteiger partial charge in [0.2, 0.25) is 0 Å². The highest BCUT2D eigenvalue weighted by atomic mass is 16.5. The van der Waals surface area contributed by atoms with Crippen LogP contribution in [0.5, 0.6) is 5.75 Å². The summed E-state index contributed by atoms with van der Waals surface area (Å²) in [5, 5.41) is 3.48. The molecule has 0 aliphatic heterocycles. The molecule has 0 amide bonds. The lowest BCUT2D eigenvalue weighted by Crippen LogP contribution is -2.21. The SMILES string of the molecule is CNC(CC(C)CC(C)(C)C)c1cccc(OC2CC2)c1. The Morgan fingerprint density at radius 1 is 1.29 bits per heavy atom. The van der Waals surface area contributed by atoms with Crippen LogP contribution in [0.2, 0.25) is 0 Å². The van der Waals surface area contributed by atoms with Crippen molar-refractivity contribution in [2.45, 2.75) is 65.5 Å². The van der Waals surface area contributed by atoms with Crippen molar-refractivity contribution in [3.63, 3.8) is 0 Å². The van der Waals surface area contributed by atoms with E-state index in [1.165, 1.54) is 31.2 Å². The van der Waals surface area contributed by atoms with Crippen molar-refractivity contribution in [2.75, 3.05) is 7.05 Å². The number of benzene rings is 1. The molecule has 1 aromatic carbocycles. The Balaban J connectivity index is 1.99. The molecule has 2 nitrogen and oxygen atoms in total. The Kier molecular flexibility index (Phi) is 5.32. The molecule has 0 aromatic heterocycles. The molecule has 1 saturated carbocycles. The summed E-state index contributed by atoms with van der Waals surface area (Å²) in [7, 11) is 2.06. The van der Waals surface area contributed by atoms with Gasteiger partial charge in [-0.2, -0.15) is 0 Å². The fourth-order valence-electron chi connectivity index (χ4n) is 3.13. The maximum Gasteiger partial charge on any atom is 0.120 e. The Morgan fingerprint density at radius 2 is 2.00 bits per heavy atom. The standard InChI is InChI=1S/C19H31NO/c1-14(13-19(2,3)4)11-18(20-5)15-7-6-8-17(12-15)21-16-9-10-16/h6-8,12,14,16,18,20H,9-11,13H2,1-5H3. The predicted molar refractivity (Wildman–Crippen MR) is 89.7 cm³/mol. The summed E-state index contributed by atoms with van der Waals surface area (Å²) in [6, 6.07) is 9.03. The van der Waals surface area contributed by atoms with E-state index in [2.05, 4.69) is 64.3 Å². The van der Waals surface area contributed by atoms with Gasteiger partial charge in [-0.25, -0.2) is 0 Å². The second-order valence-corrected chi connectivity index (χ2v) is 7.84. The molecule has 1 aliphatic carbocycles. The first-order chi connectivity index (χ1) is 9.87. The van der Waals surface area contributed by atoms with Gasteiger partial charge in [0.05, 0.1) is 6.10 Å². The van der Waals surface area contributed by atoms with E-state index >= 15 is 0 Å². The van der Waals surface area contributed by atoms with Crippen molar-refractivity contribution < 1.29 is 4.74 Å². The first kappa shape index (κ1) is 16.4. The Labute approximate surface area is 130 Å². The number of hydrogen-bond donors (Lipinski definition) is 1. The highest BCUT2D eigenvalue weighted by Gasteiger charge is 2.24. The van der Waals surface area contributed by atoms with Crippen molar-refractivity contribution in [3.8, 4) is 5.75 Å². The third-order valence-corrected chi connectivity index (χ3v) is 4.03. The number of rotatable bonds is 7. The molecule has 2 rings (SSSR count). The lowest BCUT2D eigenvalue weighted by atomic mass is 9.82. The molecule has 0 spiro atoms. The topological polar surface area (TPSA) is 21.3 Å². The van der Waals surface area contributed by atoms with Crippen molar-refractivity contribution in [1.29, 1.82) is 0 Å². The van der Waals surface area contributed by atoms with Crippen LogP contribution in [-0.4, -0.2) is 13.2 Å². The zero-order valence-electron chi connectivity index (χ0n) is 14.3. The number of nitrogens with one attached hydrogen (secondary N) is 1. The van der Waals surface area contributed by atoms with E-state index in [9.17, 15) is 0 Å². The van der Waals surface area contributed by atoms with E-state index < -0.39 is 0 Å². The van der Waals surface area contributed by atoms with Crippen LogP contribution in [-0.2, 0) is 0 Å². The third-order valence-electron chi connectivity index (χ3n) is 4.03. The van der Waals surface area contributed by atoms with E-state index in [0.717, 1.165) is 5.75 Å². The summed E-state index contributed by atoms with van der Waals surface area (Å²) in [5.74, 6) is 1.73. The molecule has 0 heterocycles. The maximum absolute atomic E-state index is 5.92. The summed E-state index contributed by atoms with van der Waals surface area (Å²) in [4.78, 5) is 0. The molecule has 1 N–H and O–H groups in total. The van der Waals surface area contributed by atoms with Gasteiger partial charge in [0.15, 0.2) is 0 Å². The van der Waals surface area contributed by atoms with Crippen molar-refractivity contribution in [2.24, 2.45) is 11.3 Å². The lowest BCUT2D eigenvalue weighted by molar-refractivity contribution is 0.278. The smallest absolute Gasteiger partial charge is 0.120 e. The summed E-state index contributed by atoms with van der Waals surface area (Å²) in [6.45, 7) is 9.33. The minimum atomic E-state index is 0.397. The Bertz CT molecular complexity index is 445. The van der Waals surface area contributed by atoms with E-state index in [0.29, 0.717) is 23.5 Å². The van der Waals surface area contributed by atoms with Gasteiger partial charge in [0.1, 0.15) is 5.75 Å². The van der Waals surface area contributed by atoms with E-state index in [1.807, 2.05) is 0 Å². The molecule has 0 saturated heterocycles. The molecule has 21 heavy (non-hydrogen) atoms. The monoisotopic (exact) mass is 289 g/mol. The molecule has 1 aliphatic rings. The van der Waals surface area contributed by atoms with Crippen LogP contribution < -0.4 is 10.1 Å². The fraction of sp³-hybridized carbons (Fsp3) is 0.684. The average Bonchev–Trinajstić information content (AvgIpc) is 3.18. The van der Waals surface area contributed by atoms with E-state index in [4.69, 9.17) is 4.74 Å². The van der Waals surface area contributed by atoms with Crippen LogP contribution in [0.1, 0.15) is 65.0 Å². The minimum Gasteiger partial charge on any atom is -0.490 e. The first-order valence-electron chi connectivity index (χ1n) is 8.31. The van der Waals surface area contributed by atoms with Crippen LogP contribution in [0.3, 0.4) is 0 Å². The summed E-state index contributed by atoms with van der Waals surface area (Å²) >= 11 is 0. The molecule has 1 aromatic rings. The molecular formula is C19H31NO. The summed E-state index contributed by atoms with van der Waals surface area (Å²) in [6.07, 6.45) is 5.31. The largest absolute Gasteiger partial charge is 0.490 e. The van der Waals surface area contributed by atoms with Gasteiger partial charge in [0, 0.05) is 6.04 Å². The Hall–Kier alpha value is -1.02. The van der Waals surface area contributed by atoms with Gasteiger partial charge in [0.25, 0.3) is 0 Å². The van der Waals surface area contributed by atoms with Gasteiger partial charge in [-0.3, -0.25) is 0 Å². The van der Waals surface area contributed by atoms with E-state index in [-0.39, 0.29) is 0 Å². The summed E-state index contributed by atoms with van der Waals surface area (Å²) < 4.78 is 5.92. The molecule has 1 fully saturated rings. The van der Waals surface area contributed by atoms with Crippen LogP contribution in [0.25, 0.3) is 0 Å². The van der Waals surface area contributed by atoms with E-state index in [1.54, 1.807) is 0 Å². The molecule has 2 heteroatoms. The third kappa shape index (κ3) is 5.70. The highest BCUT2D eigenvalue weighted by Crippen LogP contribution is 2.32. The lowest BCUT2D eigenvalue weighted by Gasteiger charge is -2.27. The highest BCUT2D eigenvalue weighted by molar-refractivity contribution is 5.31. The van der Waals surface area contributed by atoms with Gasteiger partial charge < -0.3 is 10.1 Å². The van der Waals surface area contributed by atoms with Crippen molar-refractivity contribution in [1.82, 2.24) is 5.32 Å². The van der Waals surface area contributed by atoms with Crippen LogP contribution in [0.15, 0.2) is 24.3 Å². The van der Waals surface area contributed by atoms with Crippen molar-refractivity contribution in [3.05, 3.63) is 29.8 Å². The zero-order chi connectivity index (χ0) is 15.5. The minimum absolute atomic E-state index is 0.397. The normalized spacial score (nSPS) is 18.3. The first-order valence-corrected chi connectivity index (χ1v) is 8.31. The molecular weight excluding hydrogens is 258 g/mol. The van der Waals surface area contributed by atoms with Gasteiger partial charge in [-0.1, -0.05) is 39.8 Å². The quantitative estimate of drug-likeness (QED) is 0.766. The van der Waals surface area contributed by atoms with Gasteiger partial charge in [-0.15, -0.1) is 0 Å². The molecule has 0 radical (unpaired) electrons. The second kappa shape index (κ2) is 6.83. The molecule has 2 atom stereocenters. The average molecular weight is 289 g/mol. The number of hydrogen-bond acceptors (Lipinski definition) is 2. The molecule has 0 bridgehead atoms. The van der Waals surface area contributed by atoms with Gasteiger partial charge >= 0.3 is 0 Å². The fourth-order valence-corrected chi connectivity index (χ4v) is 3.13. The second-order valence-electron chi connectivity index (χ2n) is 7.84. The predicted octanol–water partition coefficient (Wildman–Crippen LogP) is 4.95. The zero-order valence-corrected chi connectivity index (χ0v) is 14.3. The van der Waals surface area contributed by atoms with Gasteiger partial charge in [-0.05, 0) is 61.8 Å². The van der Waals surface area contributed by atoms with Crippen molar-refractivity contribution >= 4 is 0 Å². The van der Waals surface area contributed by atoms with Crippen LogP contribution in [0.4, 0.5) is 0 Å². The Morgan fingerprint density at radius 3 is 2.57 bits per heavy atom. The van der Waals surface area contributed by atoms with Crippen LogP contribution in [0, 0.1) is 11.3 Å². The van der Waals surface area contributed by atoms with Crippen LogP contribution >= 0.6 is 0 Å². The summed E-state index contributed by atoms with van der Waals surface area (Å²) in [5.41, 5.74) is 1.74.